The zero-order valence-corrected chi connectivity index (χ0v) is 14.1. The second kappa shape index (κ2) is 6.90. The number of carbonyl (C=O) groups is 1. The van der Waals surface area contributed by atoms with Crippen LogP contribution in [0, 0.1) is 6.92 Å². The molecule has 0 unspecified atom stereocenters. The van der Waals surface area contributed by atoms with Crippen molar-refractivity contribution >= 4 is 34.0 Å². The van der Waals surface area contributed by atoms with Crippen LogP contribution in [0.15, 0.2) is 41.2 Å². The van der Waals surface area contributed by atoms with Gasteiger partial charge >= 0.3 is 0 Å². The summed E-state index contributed by atoms with van der Waals surface area (Å²) in [5, 5.41) is 16.1. The summed E-state index contributed by atoms with van der Waals surface area (Å²) in [6, 6.07) is 10.1. The molecule has 0 fully saturated rings. The number of nitrogens with zero attached hydrogens (tertiary/aromatic N) is 4. The number of hydrogen-bond acceptors (Lipinski definition) is 6. The molecule has 2 aromatic heterocycles. The first-order valence-electron chi connectivity index (χ1n) is 6.96. The molecule has 0 saturated heterocycles. The lowest BCUT2D eigenvalue weighted by molar-refractivity contribution is -0.117. The maximum atomic E-state index is 12.1. The Morgan fingerprint density at radius 2 is 2.04 bits per heavy atom. The zero-order valence-electron chi connectivity index (χ0n) is 12.6. The number of amides is 1. The SMILES string of the molecule is Cc1nnc(NC(=O)Cn2nc(-c3ccccc3Cl)ccc2=O)s1. The number of aromatic nitrogens is 4. The van der Waals surface area contributed by atoms with Gasteiger partial charge in [0, 0.05) is 11.6 Å². The molecule has 0 aliphatic heterocycles. The summed E-state index contributed by atoms with van der Waals surface area (Å²) in [7, 11) is 0. The van der Waals surface area contributed by atoms with Crippen molar-refractivity contribution in [3.63, 3.8) is 0 Å². The number of halogens is 1. The zero-order chi connectivity index (χ0) is 17.1. The van der Waals surface area contributed by atoms with Crippen LogP contribution >= 0.6 is 22.9 Å². The van der Waals surface area contributed by atoms with E-state index in [4.69, 9.17) is 11.6 Å². The monoisotopic (exact) mass is 361 g/mol. The van der Waals surface area contributed by atoms with Crippen molar-refractivity contribution in [2.24, 2.45) is 0 Å². The third kappa shape index (κ3) is 3.66. The molecule has 1 amide bonds. The molecule has 0 bridgehead atoms. The first-order valence-corrected chi connectivity index (χ1v) is 8.15. The number of nitrogens with one attached hydrogen (secondary N) is 1. The number of anilines is 1. The third-order valence-corrected chi connectivity index (χ3v) is 4.17. The Hall–Kier alpha value is -2.58. The molecule has 122 valence electrons. The van der Waals surface area contributed by atoms with Crippen molar-refractivity contribution < 1.29 is 4.79 Å². The minimum absolute atomic E-state index is 0.226. The lowest BCUT2D eigenvalue weighted by Crippen LogP contribution is -2.29. The van der Waals surface area contributed by atoms with Gasteiger partial charge < -0.3 is 0 Å². The quantitative estimate of drug-likeness (QED) is 0.770. The van der Waals surface area contributed by atoms with E-state index in [-0.39, 0.29) is 12.1 Å². The summed E-state index contributed by atoms with van der Waals surface area (Å²) < 4.78 is 1.09. The highest BCUT2D eigenvalue weighted by Crippen LogP contribution is 2.24. The van der Waals surface area contributed by atoms with E-state index in [1.165, 1.54) is 17.4 Å². The number of rotatable bonds is 4. The van der Waals surface area contributed by atoms with Crippen LogP contribution in [0.1, 0.15) is 5.01 Å². The summed E-state index contributed by atoms with van der Waals surface area (Å²) in [5.41, 5.74) is 0.822. The molecular weight excluding hydrogens is 350 g/mol. The smallest absolute Gasteiger partial charge is 0.267 e. The van der Waals surface area contributed by atoms with Crippen LogP contribution in [0.3, 0.4) is 0 Å². The molecule has 1 N–H and O–H groups in total. The molecule has 0 spiro atoms. The van der Waals surface area contributed by atoms with Crippen LogP contribution in [-0.4, -0.2) is 25.9 Å². The molecule has 3 aromatic rings. The van der Waals surface area contributed by atoms with E-state index in [0.29, 0.717) is 21.4 Å². The standard InChI is InChI=1S/C15H12ClN5O2S/c1-9-18-19-15(24-9)17-13(22)8-21-14(23)7-6-12(20-21)10-4-2-3-5-11(10)16/h2-7H,8H2,1H3,(H,17,19,22). The predicted molar refractivity (Wildman–Crippen MR) is 92.2 cm³/mol. The fourth-order valence-electron chi connectivity index (χ4n) is 2.02. The highest BCUT2D eigenvalue weighted by molar-refractivity contribution is 7.15. The lowest BCUT2D eigenvalue weighted by Gasteiger charge is -2.08. The van der Waals surface area contributed by atoms with Crippen LogP contribution in [0.25, 0.3) is 11.3 Å². The van der Waals surface area contributed by atoms with Gasteiger partial charge in [0.15, 0.2) is 0 Å². The van der Waals surface area contributed by atoms with Crippen molar-refractivity contribution in [1.82, 2.24) is 20.0 Å². The van der Waals surface area contributed by atoms with Gasteiger partial charge in [0.1, 0.15) is 11.6 Å². The Morgan fingerprint density at radius 1 is 1.25 bits per heavy atom. The van der Waals surface area contributed by atoms with E-state index in [0.717, 1.165) is 9.69 Å². The number of hydrogen-bond donors (Lipinski definition) is 1. The Balaban J connectivity index is 1.83. The average molecular weight is 362 g/mol. The fraction of sp³-hybridized carbons (Fsp3) is 0.133. The minimum atomic E-state index is -0.406. The molecular formula is C15H12ClN5O2S. The van der Waals surface area contributed by atoms with Gasteiger partial charge in [-0.15, -0.1) is 10.2 Å². The van der Waals surface area contributed by atoms with E-state index in [2.05, 4.69) is 20.6 Å². The maximum absolute atomic E-state index is 12.1. The first-order chi connectivity index (χ1) is 11.5. The molecule has 0 saturated carbocycles. The summed E-state index contributed by atoms with van der Waals surface area (Å²) in [5.74, 6) is -0.406. The molecule has 0 atom stereocenters. The van der Waals surface area contributed by atoms with Gasteiger partial charge in [0.2, 0.25) is 11.0 Å². The van der Waals surface area contributed by atoms with Gasteiger partial charge in [-0.2, -0.15) is 5.10 Å². The van der Waals surface area contributed by atoms with Gasteiger partial charge in [-0.25, -0.2) is 4.68 Å². The normalized spacial score (nSPS) is 10.6. The minimum Gasteiger partial charge on any atom is -0.299 e. The van der Waals surface area contributed by atoms with Gasteiger partial charge in [-0.1, -0.05) is 41.1 Å². The second-order valence-corrected chi connectivity index (χ2v) is 6.46. The fourth-order valence-corrected chi connectivity index (χ4v) is 2.86. The summed E-state index contributed by atoms with van der Waals surface area (Å²) in [6.45, 7) is 1.56. The van der Waals surface area contributed by atoms with E-state index in [1.807, 2.05) is 6.07 Å². The Kier molecular flexibility index (Phi) is 4.68. The van der Waals surface area contributed by atoms with E-state index >= 15 is 0 Å². The van der Waals surface area contributed by atoms with Gasteiger partial charge in [-0.3, -0.25) is 14.9 Å². The first kappa shape index (κ1) is 16.3. The van der Waals surface area contributed by atoms with Gasteiger partial charge in [0.25, 0.3) is 5.56 Å². The van der Waals surface area contributed by atoms with E-state index in [1.54, 1.807) is 31.2 Å². The molecule has 0 aliphatic rings. The highest BCUT2D eigenvalue weighted by Gasteiger charge is 2.11. The molecule has 3 rings (SSSR count). The Morgan fingerprint density at radius 3 is 2.75 bits per heavy atom. The van der Waals surface area contributed by atoms with Gasteiger partial charge in [-0.05, 0) is 19.1 Å². The third-order valence-electron chi connectivity index (χ3n) is 3.08. The Bertz CT molecular complexity index is 953. The van der Waals surface area contributed by atoms with Crippen molar-refractivity contribution in [3.8, 4) is 11.3 Å². The largest absolute Gasteiger partial charge is 0.299 e. The molecule has 24 heavy (non-hydrogen) atoms. The van der Waals surface area contributed by atoms with Crippen molar-refractivity contribution in [2.45, 2.75) is 13.5 Å². The van der Waals surface area contributed by atoms with Crippen LogP contribution < -0.4 is 10.9 Å². The molecule has 2 heterocycles. The average Bonchev–Trinajstić information content (AvgIpc) is 2.95. The van der Waals surface area contributed by atoms with Crippen molar-refractivity contribution in [1.29, 1.82) is 0 Å². The van der Waals surface area contributed by atoms with Crippen molar-refractivity contribution in [3.05, 3.63) is 56.8 Å². The topological polar surface area (TPSA) is 89.8 Å². The molecule has 9 heteroatoms. The van der Waals surface area contributed by atoms with E-state index < -0.39 is 5.91 Å². The second-order valence-electron chi connectivity index (χ2n) is 4.87. The van der Waals surface area contributed by atoms with Crippen LogP contribution in [0.4, 0.5) is 5.13 Å². The van der Waals surface area contributed by atoms with Crippen LogP contribution in [0.2, 0.25) is 5.02 Å². The van der Waals surface area contributed by atoms with Crippen molar-refractivity contribution in [2.75, 3.05) is 5.32 Å². The maximum Gasteiger partial charge on any atom is 0.267 e. The Labute approximate surface area is 145 Å². The summed E-state index contributed by atoms with van der Waals surface area (Å²) in [4.78, 5) is 24.0. The number of benzene rings is 1. The number of carbonyl (C=O) groups excluding carboxylic acids is 1. The molecule has 0 radical (unpaired) electrons. The highest BCUT2D eigenvalue weighted by atomic mass is 35.5. The van der Waals surface area contributed by atoms with E-state index in [9.17, 15) is 9.59 Å². The summed E-state index contributed by atoms with van der Waals surface area (Å²) >= 11 is 7.40. The van der Waals surface area contributed by atoms with Gasteiger partial charge in [0.05, 0.1) is 10.7 Å². The molecule has 7 nitrogen and oxygen atoms in total. The number of aryl methyl sites for hydroxylation is 1. The molecule has 1 aromatic carbocycles. The van der Waals surface area contributed by atoms with Crippen LogP contribution in [-0.2, 0) is 11.3 Å². The van der Waals surface area contributed by atoms with Crippen LogP contribution in [0.5, 0.6) is 0 Å². The predicted octanol–water partition coefficient (Wildman–Crippen LogP) is 2.36. The molecule has 0 aliphatic carbocycles. The lowest BCUT2D eigenvalue weighted by atomic mass is 10.1. The summed E-state index contributed by atoms with van der Waals surface area (Å²) in [6.07, 6.45) is 0.